The number of unbranched alkanes of at least 4 members (excludes halogenated alkanes) is 1. The lowest BCUT2D eigenvalue weighted by Gasteiger charge is -2.40. The summed E-state index contributed by atoms with van der Waals surface area (Å²) in [5, 5.41) is 0. The molecule has 2 saturated heterocycles. The number of fused-ring (bicyclic) bond motifs is 1. The lowest BCUT2D eigenvalue weighted by Crippen LogP contribution is -2.59. The first kappa shape index (κ1) is 17.0. The van der Waals surface area contributed by atoms with Crippen molar-refractivity contribution in [2.75, 3.05) is 13.2 Å². The Hall–Kier alpha value is -1.88. The van der Waals surface area contributed by atoms with Crippen LogP contribution in [0.1, 0.15) is 44.6 Å². The molecule has 5 nitrogen and oxygen atoms in total. The van der Waals surface area contributed by atoms with Gasteiger partial charge in [-0.05, 0) is 44.6 Å². The van der Waals surface area contributed by atoms with Gasteiger partial charge in [0.2, 0.25) is 0 Å². The fourth-order valence-electron chi connectivity index (χ4n) is 3.48. The van der Waals surface area contributed by atoms with Crippen molar-refractivity contribution >= 4 is 11.9 Å². The number of hydrogen-bond acceptors (Lipinski definition) is 4. The normalized spacial score (nSPS) is 26.4. The van der Waals surface area contributed by atoms with Gasteiger partial charge in [0.25, 0.3) is 5.91 Å². The highest BCUT2D eigenvalue weighted by Gasteiger charge is 2.51. The van der Waals surface area contributed by atoms with E-state index in [1.807, 2.05) is 30.3 Å². The maximum absolute atomic E-state index is 12.6. The molecule has 2 unspecified atom stereocenters. The molecule has 0 bridgehead atoms. The van der Waals surface area contributed by atoms with E-state index < -0.39 is 5.60 Å². The third-order valence-electron chi connectivity index (χ3n) is 4.87. The third kappa shape index (κ3) is 3.61. The zero-order valence-electron chi connectivity index (χ0n) is 14.2. The fourth-order valence-corrected chi connectivity index (χ4v) is 3.48. The molecular formula is C19H25NO4. The molecule has 24 heavy (non-hydrogen) atoms. The molecule has 5 heteroatoms. The molecule has 0 radical (unpaired) electrons. The van der Waals surface area contributed by atoms with Gasteiger partial charge >= 0.3 is 5.97 Å². The molecule has 0 aliphatic carbocycles. The number of morpholine rings is 1. The number of benzene rings is 1. The van der Waals surface area contributed by atoms with E-state index in [1.54, 1.807) is 11.8 Å². The Morgan fingerprint density at radius 2 is 2.04 bits per heavy atom. The highest BCUT2D eigenvalue weighted by molar-refractivity contribution is 5.95. The lowest BCUT2D eigenvalue weighted by atomic mass is 9.94. The summed E-state index contributed by atoms with van der Waals surface area (Å²) >= 11 is 0. The van der Waals surface area contributed by atoms with Gasteiger partial charge in [-0.15, -0.1) is 0 Å². The molecular weight excluding hydrogens is 306 g/mol. The number of nitrogens with zero attached hydrogens (tertiary/aromatic N) is 1. The minimum Gasteiger partial charge on any atom is -0.448 e. The van der Waals surface area contributed by atoms with Crippen LogP contribution in [0.15, 0.2) is 30.3 Å². The number of amides is 1. The summed E-state index contributed by atoms with van der Waals surface area (Å²) in [6.45, 7) is 3.65. The van der Waals surface area contributed by atoms with Crippen LogP contribution >= 0.6 is 0 Å². The lowest BCUT2D eigenvalue weighted by molar-refractivity contribution is -0.189. The first-order valence-electron chi connectivity index (χ1n) is 8.76. The number of esters is 1. The second-order valence-electron chi connectivity index (χ2n) is 6.80. The van der Waals surface area contributed by atoms with Crippen molar-refractivity contribution in [3.05, 3.63) is 35.9 Å². The first-order chi connectivity index (χ1) is 11.6. The van der Waals surface area contributed by atoms with Crippen LogP contribution in [0.2, 0.25) is 0 Å². The quantitative estimate of drug-likeness (QED) is 0.569. The molecule has 2 heterocycles. The van der Waals surface area contributed by atoms with E-state index in [0.717, 1.165) is 31.2 Å². The molecule has 1 aromatic rings. The molecule has 0 saturated carbocycles. The second kappa shape index (κ2) is 7.34. The largest absolute Gasteiger partial charge is 0.448 e. The predicted molar refractivity (Wildman–Crippen MR) is 89.2 cm³/mol. The molecule has 1 amide bonds. The molecule has 0 spiro atoms. The molecule has 2 fully saturated rings. The highest BCUT2D eigenvalue weighted by atomic mass is 16.6. The van der Waals surface area contributed by atoms with Gasteiger partial charge < -0.3 is 14.4 Å². The maximum Gasteiger partial charge on any atom is 0.329 e. The number of rotatable bonds is 7. The Labute approximate surface area is 142 Å². The summed E-state index contributed by atoms with van der Waals surface area (Å²) in [5.74, 6) is -0.273. The van der Waals surface area contributed by atoms with Crippen LogP contribution in [-0.4, -0.2) is 41.6 Å². The zero-order chi connectivity index (χ0) is 17.0. The Kier molecular flexibility index (Phi) is 5.19. The number of hydrogen-bond donors (Lipinski definition) is 0. The van der Waals surface area contributed by atoms with Gasteiger partial charge in [-0.25, -0.2) is 4.79 Å². The van der Waals surface area contributed by atoms with Crippen molar-refractivity contribution in [1.29, 1.82) is 0 Å². The van der Waals surface area contributed by atoms with Gasteiger partial charge in [0.05, 0.1) is 6.61 Å². The number of carbonyl (C=O) groups excluding carboxylic acids is 2. The van der Waals surface area contributed by atoms with E-state index in [0.29, 0.717) is 26.2 Å². The Bertz CT molecular complexity index is 588. The van der Waals surface area contributed by atoms with Crippen LogP contribution in [-0.2, 0) is 25.7 Å². The molecule has 0 N–H and O–H groups in total. The molecule has 2 aliphatic heterocycles. The van der Waals surface area contributed by atoms with Crippen LogP contribution < -0.4 is 0 Å². The highest BCUT2D eigenvalue weighted by Crippen LogP contribution is 2.33. The predicted octanol–water partition coefficient (Wildman–Crippen LogP) is 2.68. The standard InChI is InChI=1S/C19H25NO4/c1-19(18(22)20-12-7-10-16(20)17(21)24-19)11-5-6-13-23-14-15-8-3-2-4-9-15/h2-4,8-9,16H,5-7,10-14H2,1H3. The van der Waals surface area contributed by atoms with Gasteiger partial charge in [-0.1, -0.05) is 30.3 Å². The smallest absolute Gasteiger partial charge is 0.329 e. The second-order valence-corrected chi connectivity index (χ2v) is 6.80. The monoisotopic (exact) mass is 331 g/mol. The van der Waals surface area contributed by atoms with E-state index in [9.17, 15) is 9.59 Å². The zero-order valence-corrected chi connectivity index (χ0v) is 14.2. The van der Waals surface area contributed by atoms with Crippen LogP contribution in [0.3, 0.4) is 0 Å². The molecule has 2 atom stereocenters. The Morgan fingerprint density at radius 1 is 1.25 bits per heavy atom. The van der Waals surface area contributed by atoms with E-state index >= 15 is 0 Å². The van der Waals surface area contributed by atoms with Crippen molar-refractivity contribution in [1.82, 2.24) is 4.90 Å². The van der Waals surface area contributed by atoms with E-state index in [4.69, 9.17) is 9.47 Å². The topological polar surface area (TPSA) is 55.8 Å². The number of cyclic esters (lactones) is 1. The minimum absolute atomic E-state index is 0.0326. The molecule has 0 aromatic heterocycles. The first-order valence-corrected chi connectivity index (χ1v) is 8.76. The molecule has 3 rings (SSSR count). The Balaban J connectivity index is 1.41. The summed E-state index contributed by atoms with van der Waals surface area (Å²) in [6.07, 6.45) is 3.80. The molecule has 130 valence electrons. The third-order valence-corrected chi connectivity index (χ3v) is 4.87. The SMILES string of the molecule is CC1(CCCCOCc2ccccc2)OC(=O)C2CCCN2C1=O. The summed E-state index contributed by atoms with van der Waals surface area (Å²) in [5.41, 5.74) is 0.151. The van der Waals surface area contributed by atoms with Gasteiger partial charge in [0.15, 0.2) is 5.60 Å². The number of ether oxygens (including phenoxy) is 2. The van der Waals surface area contributed by atoms with Crippen molar-refractivity contribution < 1.29 is 19.1 Å². The molecule has 2 aliphatic rings. The van der Waals surface area contributed by atoms with Crippen molar-refractivity contribution in [3.8, 4) is 0 Å². The molecule has 1 aromatic carbocycles. The van der Waals surface area contributed by atoms with Gasteiger partial charge in [-0.2, -0.15) is 0 Å². The van der Waals surface area contributed by atoms with Crippen molar-refractivity contribution in [2.24, 2.45) is 0 Å². The van der Waals surface area contributed by atoms with Gasteiger partial charge in [0.1, 0.15) is 6.04 Å². The number of carbonyl (C=O) groups is 2. The summed E-state index contributed by atoms with van der Waals surface area (Å²) in [7, 11) is 0. The Morgan fingerprint density at radius 3 is 2.83 bits per heavy atom. The maximum atomic E-state index is 12.6. The average Bonchev–Trinajstić information content (AvgIpc) is 3.07. The summed E-state index contributed by atoms with van der Waals surface area (Å²) in [6, 6.07) is 9.70. The van der Waals surface area contributed by atoms with Crippen LogP contribution in [0.25, 0.3) is 0 Å². The van der Waals surface area contributed by atoms with E-state index in [-0.39, 0.29) is 17.9 Å². The van der Waals surface area contributed by atoms with Crippen molar-refractivity contribution in [2.45, 2.75) is 57.3 Å². The van der Waals surface area contributed by atoms with Crippen LogP contribution in [0.5, 0.6) is 0 Å². The van der Waals surface area contributed by atoms with Gasteiger partial charge in [-0.3, -0.25) is 4.79 Å². The minimum atomic E-state index is -1.00. The fraction of sp³-hybridized carbons (Fsp3) is 0.579. The van der Waals surface area contributed by atoms with E-state index in [2.05, 4.69) is 0 Å². The van der Waals surface area contributed by atoms with Crippen molar-refractivity contribution in [3.63, 3.8) is 0 Å². The van der Waals surface area contributed by atoms with Crippen LogP contribution in [0.4, 0.5) is 0 Å². The summed E-state index contributed by atoms with van der Waals surface area (Å²) in [4.78, 5) is 26.4. The average molecular weight is 331 g/mol. The van der Waals surface area contributed by atoms with Crippen LogP contribution in [0, 0.1) is 0 Å². The summed E-state index contributed by atoms with van der Waals surface area (Å²) < 4.78 is 11.2. The van der Waals surface area contributed by atoms with E-state index in [1.165, 1.54) is 0 Å². The van der Waals surface area contributed by atoms with Gasteiger partial charge in [0, 0.05) is 13.2 Å².